The minimum absolute atomic E-state index is 0.00172. The number of methoxy groups -OCH3 is 1. The van der Waals surface area contributed by atoms with Gasteiger partial charge in [-0.15, -0.1) is 0 Å². The molecule has 160 valence electrons. The monoisotopic (exact) mass is 435 g/mol. The van der Waals surface area contributed by atoms with Crippen molar-refractivity contribution in [3.05, 3.63) is 83.3 Å². The van der Waals surface area contributed by atoms with Gasteiger partial charge >= 0.3 is 0 Å². The van der Waals surface area contributed by atoms with E-state index in [1.165, 1.54) is 0 Å². The third-order valence-corrected chi connectivity index (χ3v) is 6.20. The van der Waals surface area contributed by atoms with E-state index >= 15 is 0 Å². The van der Waals surface area contributed by atoms with Crippen LogP contribution in [0.1, 0.15) is 18.9 Å². The third kappa shape index (κ3) is 4.23. The molecule has 2 N–H and O–H groups in total. The molecular weight excluding hydrogens is 410 g/mol. The molecule has 5 nitrogen and oxygen atoms in total. The zero-order valence-electron chi connectivity index (χ0n) is 17.7. The number of halogens is 1. The number of ether oxygens (including phenoxy) is 1. The number of hydrogen-bond donors (Lipinski definition) is 2. The quantitative estimate of drug-likeness (QED) is 0.395. The number of hydrogen-bond acceptors (Lipinski definition) is 4. The van der Waals surface area contributed by atoms with Gasteiger partial charge in [0.2, 0.25) is 5.91 Å². The van der Waals surface area contributed by atoms with E-state index in [1.807, 2.05) is 55.5 Å². The number of benzene rings is 1. The van der Waals surface area contributed by atoms with E-state index < -0.39 is 0 Å². The number of amides is 1. The summed E-state index contributed by atoms with van der Waals surface area (Å²) >= 11 is 6.16. The van der Waals surface area contributed by atoms with E-state index in [-0.39, 0.29) is 23.8 Å². The Morgan fingerprint density at radius 3 is 2.94 bits per heavy atom. The standard InChI is InChI=1S/C25H26ClN3O2/c1-4-15(12-18(5-2)31-3)11-17-14-27-25(30)20-13-21(28-24(17)20)19-8-6-7-16-9-10-22(26)29-23(16)19/h4-10,12-13,17,20,24,28H,1,11,14H2,2-3H3,(H,27,30)/b15-12+,18-5+. The minimum Gasteiger partial charge on any atom is -0.497 e. The highest BCUT2D eigenvalue weighted by atomic mass is 35.5. The van der Waals surface area contributed by atoms with Crippen LogP contribution in [-0.2, 0) is 9.53 Å². The fourth-order valence-electron chi connectivity index (χ4n) is 4.38. The first kappa shape index (κ1) is 21.2. The lowest BCUT2D eigenvalue weighted by molar-refractivity contribution is -0.126. The number of carbonyl (C=O) groups is 1. The summed E-state index contributed by atoms with van der Waals surface area (Å²) in [4.78, 5) is 17.2. The number of piperidine rings is 1. The second kappa shape index (κ2) is 8.98. The van der Waals surface area contributed by atoms with Crippen molar-refractivity contribution in [2.75, 3.05) is 13.7 Å². The Bertz CT molecular complexity index is 1120. The summed E-state index contributed by atoms with van der Waals surface area (Å²) in [6.07, 6.45) is 8.57. The molecular formula is C25H26ClN3O2. The number of rotatable bonds is 6. The molecule has 1 aromatic heterocycles. The first-order valence-corrected chi connectivity index (χ1v) is 10.8. The van der Waals surface area contributed by atoms with Gasteiger partial charge in [0.05, 0.1) is 18.5 Å². The number of carbonyl (C=O) groups excluding carboxylic acids is 1. The molecule has 0 bridgehead atoms. The molecule has 1 saturated heterocycles. The molecule has 4 rings (SSSR count). The topological polar surface area (TPSA) is 63.2 Å². The summed E-state index contributed by atoms with van der Waals surface area (Å²) < 4.78 is 5.37. The van der Waals surface area contributed by atoms with E-state index in [0.29, 0.717) is 11.7 Å². The average Bonchev–Trinajstić information content (AvgIpc) is 3.24. The van der Waals surface area contributed by atoms with Crippen molar-refractivity contribution in [3.63, 3.8) is 0 Å². The number of nitrogens with zero attached hydrogens (tertiary/aromatic N) is 1. The maximum Gasteiger partial charge on any atom is 0.229 e. The fourth-order valence-corrected chi connectivity index (χ4v) is 4.53. The van der Waals surface area contributed by atoms with Gasteiger partial charge < -0.3 is 15.4 Å². The number of fused-ring (bicyclic) bond motifs is 2. The van der Waals surface area contributed by atoms with Gasteiger partial charge in [0.25, 0.3) is 0 Å². The molecule has 3 unspecified atom stereocenters. The fraction of sp³-hybridized carbons (Fsp3) is 0.280. The molecule has 2 aliphatic heterocycles. The Kier molecular flexibility index (Phi) is 6.14. The van der Waals surface area contributed by atoms with Gasteiger partial charge in [0, 0.05) is 35.2 Å². The van der Waals surface area contributed by atoms with E-state index in [0.717, 1.165) is 39.9 Å². The Morgan fingerprint density at radius 1 is 1.35 bits per heavy atom. The van der Waals surface area contributed by atoms with E-state index in [4.69, 9.17) is 16.3 Å². The molecule has 0 saturated carbocycles. The second-order valence-corrected chi connectivity index (χ2v) is 8.20. The highest BCUT2D eigenvalue weighted by Crippen LogP contribution is 2.35. The summed E-state index contributed by atoms with van der Waals surface area (Å²) in [5, 5.41) is 8.15. The largest absolute Gasteiger partial charge is 0.497 e. The van der Waals surface area contributed by atoms with Gasteiger partial charge in [-0.3, -0.25) is 4.79 Å². The van der Waals surface area contributed by atoms with Crippen LogP contribution in [0.2, 0.25) is 5.15 Å². The summed E-state index contributed by atoms with van der Waals surface area (Å²) in [5.74, 6) is 0.813. The van der Waals surface area contributed by atoms with Gasteiger partial charge in [-0.05, 0) is 49.3 Å². The van der Waals surface area contributed by atoms with Crippen molar-refractivity contribution < 1.29 is 9.53 Å². The molecule has 2 aliphatic rings. The Hall–Kier alpha value is -3.05. The maximum absolute atomic E-state index is 12.6. The van der Waals surface area contributed by atoms with Crippen LogP contribution >= 0.6 is 11.6 Å². The lowest BCUT2D eigenvalue weighted by atomic mass is 9.82. The second-order valence-electron chi connectivity index (χ2n) is 7.82. The maximum atomic E-state index is 12.6. The molecule has 3 heterocycles. The molecule has 1 aromatic carbocycles. The number of pyridine rings is 1. The first-order valence-electron chi connectivity index (χ1n) is 10.4. The van der Waals surface area contributed by atoms with Gasteiger partial charge in [0.1, 0.15) is 10.9 Å². The lowest BCUT2D eigenvalue weighted by Crippen LogP contribution is -2.52. The molecule has 0 radical (unpaired) electrons. The minimum atomic E-state index is -0.238. The van der Waals surface area contributed by atoms with Crippen molar-refractivity contribution in [1.29, 1.82) is 0 Å². The molecule has 31 heavy (non-hydrogen) atoms. The lowest BCUT2D eigenvalue weighted by Gasteiger charge is -2.34. The van der Waals surface area contributed by atoms with Crippen molar-refractivity contribution in [2.45, 2.75) is 19.4 Å². The van der Waals surface area contributed by atoms with Crippen molar-refractivity contribution >= 4 is 34.1 Å². The Balaban J connectivity index is 1.63. The normalized spacial score (nSPS) is 23.6. The molecule has 2 aromatic rings. The summed E-state index contributed by atoms with van der Waals surface area (Å²) in [6, 6.07) is 9.77. The Morgan fingerprint density at radius 2 is 2.19 bits per heavy atom. The third-order valence-electron chi connectivity index (χ3n) is 5.99. The van der Waals surface area contributed by atoms with Crippen LogP contribution in [0.4, 0.5) is 0 Å². The number of allylic oxidation sites excluding steroid dienone is 4. The molecule has 0 aliphatic carbocycles. The summed E-state index contributed by atoms with van der Waals surface area (Å²) in [6.45, 7) is 6.51. The van der Waals surface area contributed by atoms with Crippen molar-refractivity contribution in [3.8, 4) is 0 Å². The molecule has 1 fully saturated rings. The number of nitrogens with one attached hydrogen (secondary N) is 2. The zero-order valence-corrected chi connectivity index (χ0v) is 18.4. The predicted molar refractivity (Wildman–Crippen MR) is 125 cm³/mol. The predicted octanol–water partition coefficient (Wildman–Crippen LogP) is 4.62. The van der Waals surface area contributed by atoms with Crippen LogP contribution in [0.15, 0.2) is 72.5 Å². The van der Waals surface area contributed by atoms with E-state index in [9.17, 15) is 4.79 Å². The first-order chi connectivity index (χ1) is 15.0. The van der Waals surface area contributed by atoms with E-state index in [2.05, 4.69) is 22.2 Å². The van der Waals surface area contributed by atoms with Crippen LogP contribution in [0.25, 0.3) is 16.6 Å². The molecule has 6 heteroatoms. The van der Waals surface area contributed by atoms with Gasteiger partial charge in [-0.25, -0.2) is 4.98 Å². The zero-order chi connectivity index (χ0) is 22.0. The smallest absolute Gasteiger partial charge is 0.229 e. The van der Waals surface area contributed by atoms with E-state index in [1.54, 1.807) is 13.2 Å². The number of aromatic nitrogens is 1. The average molecular weight is 436 g/mol. The van der Waals surface area contributed by atoms with Gasteiger partial charge in [-0.2, -0.15) is 0 Å². The summed E-state index contributed by atoms with van der Waals surface area (Å²) in [5.41, 5.74) is 3.78. The molecule has 3 atom stereocenters. The SMILES string of the molecule is C=C/C(=C\C(=C/C)OC)CC1CNC(=O)C2C=C(c3cccc4ccc(Cl)nc34)NC12. The van der Waals surface area contributed by atoms with Crippen molar-refractivity contribution in [1.82, 2.24) is 15.6 Å². The van der Waals surface area contributed by atoms with Gasteiger partial charge in [-0.1, -0.05) is 42.5 Å². The van der Waals surface area contributed by atoms with Crippen LogP contribution in [0, 0.1) is 11.8 Å². The molecule has 0 spiro atoms. The highest BCUT2D eigenvalue weighted by molar-refractivity contribution is 6.29. The van der Waals surface area contributed by atoms with Crippen LogP contribution < -0.4 is 10.6 Å². The highest BCUT2D eigenvalue weighted by Gasteiger charge is 2.42. The summed E-state index contributed by atoms with van der Waals surface area (Å²) in [7, 11) is 1.66. The van der Waals surface area contributed by atoms with Crippen molar-refractivity contribution in [2.24, 2.45) is 11.8 Å². The van der Waals surface area contributed by atoms with Gasteiger partial charge in [0.15, 0.2) is 0 Å². The van der Waals surface area contributed by atoms with Crippen LogP contribution in [0.3, 0.4) is 0 Å². The molecule has 1 amide bonds. The Labute approximate surface area is 187 Å². The van der Waals surface area contributed by atoms with Crippen LogP contribution in [0.5, 0.6) is 0 Å². The van der Waals surface area contributed by atoms with Crippen LogP contribution in [-0.4, -0.2) is 30.6 Å². The number of para-hydroxylation sites is 1.